The quantitative estimate of drug-likeness (QED) is 0.311. The van der Waals surface area contributed by atoms with Crippen molar-refractivity contribution >= 4 is 35.2 Å². The summed E-state index contributed by atoms with van der Waals surface area (Å²) in [7, 11) is 0. The zero-order valence-corrected chi connectivity index (χ0v) is 20.5. The van der Waals surface area contributed by atoms with E-state index in [1.807, 2.05) is 48.5 Å². The van der Waals surface area contributed by atoms with Gasteiger partial charge in [-0.25, -0.2) is 0 Å². The van der Waals surface area contributed by atoms with Gasteiger partial charge in [0.1, 0.15) is 6.54 Å². The zero-order valence-electron chi connectivity index (χ0n) is 20.5. The molecule has 0 spiro atoms. The van der Waals surface area contributed by atoms with Crippen LogP contribution in [-0.2, 0) is 23.9 Å². The zero-order chi connectivity index (χ0) is 26.6. The van der Waals surface area contributed by atoms with Gasteiger partial charge in [0, 0.05) is 23.1 Å². The Balaban J connectivity index is 1.16. The molecule has 8 nitrogen and oxygen atoms in total. The van der Waals surface area contributed by atoms with Crippen molar-refractivity contribution in [3.63, 3.8) is 0 Å². The molecule has 0 unspecified atom stereocenters. The maximum atomic E-state index is 13.6. The molecule has 0 aromatic heterocycles. The number of nitrogens with one attached hydrogen (secondary N) is 1. The minimum absolute atomic E-state index is 0.146. The van der Waals surface area contributed by atoms with Crippen LogP contribution in [0.1, 0.15) is 51.4 Å². The van der Waals surface area contributed by atoms with Crippen LogP contribution in [0.15, 0.2) is 72.8 Å². The van der Waals surface area contributed by atoms with Crippen LogP contribution < -0.4 is 5.32 Å². The molecule has 4 aliphatic rings. The molecule has 1 fully saturated rings. The highest BCUT2D eigenvalue weighted by molar-refractivity contribution is 6.09. The van der Waals surface area contributed by atoms with Gasteiger partial charge in [0.05, 0.1) is 11.8 Å². The number of carbonyl (C=O) groups is 5. The molecule has 3 amide bonds. The number of imide groups is 1. The van der Waals surface area contributed by atoms with Crippen LogP contribution in [0.2, 0.25) is 0 Å². The summed E-state index contributed by atoms with van der Waals surface area (Å²) in [5.74, 6) is -4.05. The number of esters is 1. The van der Waals surface area contributed by atoms with E-state index in [9.17, 15) is 24.0 Å². The van der Waals surface area contributed by atoms with E-state index in [0.29, 0.717) is 11.3 Å². The lowest BCUT2D eigenvalue weighted by Crippen LogP contribution is -2.41. The van der Waals surface area contributed by atoms with Crippen molar-refractivity contribution in [1.82, 2.24) is 4.90 Å². The molecule has 1 N–H and O–H groups in total. The van der Waals surface area contributed by atoms with Crippen molar-refractivity contribution < 1.29 is 28.7 Å². The topological polar surface area (TPSA) is 110 Å². The van der Waals surface area contributed by atoms with Crippen LogP contribution in [-0.4, -0.2) is 47.5 Å². The monoisotopic (exact) mass is 508 g/mol. The molecule has 1 heterocycles. The van der Waals surface area contributed by atoms with Gasteiger partial charge in [-0.2, -0.15) is 0 Å². The molecule has 3 aromatic rings. The summed E-state index contributed by atoms with van der Waals surface area (Å²) < 4.78 is 5.09. The Morgan fingerprint density at radius 2 is 1.32 bits per heavy atom. The lowest BCUT2D eigenvalue weighted by molar-refractivity contribution is -0.154. The first-order valence-electron chi connectivity index (χ1n) is 12.4. The second kappa shape index (κ2) is 9.06. The molecule has 7 rings (SSSR count). The number of nitrogens with zero attached hydrogens (tertiary/aromatic N) is 1. The van der Waals surface area contributed by atoms with Crippen LogP contribution >= 0.6 is 0 Å². The molecule has 8 heteroatoms. The number of carbonyl (C=O) groups excluding carboxylic acids is 5. The molecule has 3 aromatic carbocycles. The van der Waals surface area contributed by atoms with Crippen LogP contribution in [0.3, 0.4) is 0 Å². The third kappa shape index (κ3) is 3.72. The molecule has 1 saturated heterocycles. The van der Waals surface area contributed by atoms with Crippen LogP contribution in [0.25, 0.3) is 0 Å². The van der Waals surface area contributed by atoms with Crippen LogP contribution in [0.4, 0.5) is 5.69 Å². The van der Waals surface area contributed by atoms with Gasteiger partial charge >= 0.3 is 5.97 Å². The Morgan fingerprint density at radius 1 is 0.789 bits per heavy atom. The summed E-state index contributed by atoms with van der Waals surface area (Å²) in [6.45, 7) is 0.279. The van der Waals surface area contributed by atoms with E-state index in [2.05, 4.69) is 5.32 Å². The fraction of sp³-hybridized carbons (Fsp3) is 0.233. The molecule has 190 valence electrons. The average Bonchev–Trinajstić information content (AvgIpc) is 3.17. The van der Waals surface area contributed by atoms with E-state index >= 15 is 0 Å². The lowest BCUT2D eigenvalue weighted by atomic mass is 9.55. The fourth-order valence-corrected chi connectivity index (χ4v) is 6.23. The Labute approximate surface area is 218 Å². The molecule has 0 radical (unpaired) electrons. The Morgan fingerprint density at radius 3 is 1.82 bits per heavy atom. The maximum Gasteiger partial charge on any atom is 0.326 e. The van der Waals surface area contributed by atoms with Crippen LogP contribution in [0, 0.1) is 11.8 Å². The number of amides is 3. The highest BCUT2D eigenvalue weighted by Crippen LogP contribution is 2.60. The Bertz CT molecular complexity index is 1410. The number of ketones is 1. The summed E-state index contributed by atoms with van der Waals surface area (Å²) in [5, 5.41) is 2.57. The predicted octanol–water partition coefficient (Wildman–Crippen LogP) is 3.26. The summed E-state index contributed by atoms with van der Waals surface area (Å²) >= 11 is 0. The standard InChI is InChI=1S/C30H24N2O6/c1-16(33)17-7-6-8-18(13-17)31-23(34)15-38-24(35)14-32-29(36)27-25-19-9-2-3-10-20(19)26(28(27)30(32)37)22-12-5-4-11-21(22)25/h2-13,25-28H,14-15H2,1H3,(H,31,34)/t25?,26?,27-,28-/m0/s1. The number of likely N-dealkylation sites (tertiary alicyclic amines) is 1. The molecular formula is C30H24N2O6. The predicted molar refractivity (Wildman–Crippen MR) is 136 cm³/mol. The number of ether oxygens (including phenoxy) is 1. The number of hydrogen-bond acceptors (Lipinski definition) is 6. The van der Waals surface area contributed by atoms with Crippen molar-refractivity contribution in [3.05, 3.63) is 101 Å². The molecule has 1 aliphatic heterocycles. The fourth-order valence-electron chi connectivity index (χ4n) is 6.23. The molecule has 38 heavy (non-hydrogen) atoms. The van der Waals surface area contributed by atoms with Crippen molar-refractivity contribution in [1.29, 1.82) is 0 Å². The molecule has 3 aliphatic carbocycles. The SMILES string of the molecule is CC(=O)c1cccc(NC(=O)COC(=O)CN2C(=O)[C@H]3C4c5ccccc5C(c5ccccc54)[C@@H]3C2=O)c1. The lowest BCUT2D eigenvalue weighted by Gasteiger charge is -2.45. The summed E-state index contributed by atoms with van der Waals surface area (Å²) in [4.78, 5) is 64.5. The van der Waals surface area contributed by atoms with Gasteiger partial charge in [-0.05, 0) is 41.3 Å². The third-order valence-electron chi connectivity index (χ3n) is 7.74. The molecule has 2 bridgehead atoms. The third-order valence-corrected chi connectivity index (χ3v) is 7.74. The highest BCUT2D eigenvalue weighted by Gasteiger charge is 2.61. The number of rotatable bonds is 6. The van der Waals surface area contributed by atoms with E-state index in [1.165, 1.54) is 13.0 Å². The number of anilines is 1. The number of benzene rings is 3. The molecular weight excluding hydrogens is 484 g/mol. The van der Waals surface area contributed by atoms with Crippen molar-refractivity contribution in [3.8, 4) is 0 Å². The summed E-state index contributed by atoms with van der Waals surface area (Å²) in [6, 6.07) is 22.2. The minimum Gasteiger partial charge on any atom is -0.454 e. The molecule has 0 saturated carbocycles. The first kappa shape index (κ1) is 23.8. The van der Waals surface area contributed by atoms with Gasteiger partial charge in [0.25, 0.3) is 5.91 Å². The second-order valence-electron chi connectivity index (χ2n) is 9.87. The van der Waals surface area contributed by atoms with E-state index in [1.54, 1.807) is 18.2 Å². The van der Waals surface area contributed by atoms with Crippen molar-refractivity contribution in [2.24, 2.45) is 11.8 Å². The first-order valence-corrected chi connectivity index (χ1v) is 12.4. The van der Waals surface area contributed by atoms with Crippen molar-refractivity contribution in [2.45, 2.75) is 18.8 Å². The smallest absolute Gasteiger partial charge is 0.326 e. The highest BCUT2D eigenvalue weighted by atomic mass is 16.5. The van der Waals surface area contributed by atoms with Gasteiger partial charge in [-0.1, -0.05) is 60.7 Å². The minimum atomic E-state index is -0.847. The van der Waals surface area contributed by atoms with Crippen molar-refractivity contribution in [2.75, 3.05) is 18.5 Å². The van der Waals surface area contributed by atoms with Crippen LogP contribution in [0.5, 0.6) is 0 Å². The van der Waals surface area contributed by atoms with E-state index in [0.717, 1.165) is 27.2 Å². The van der Waals surface area contributed by atoms with Gasteiger partial charge in [0.15, 0.2) is 12.4 Å². The number of hydrogen-bond donors (Lipinski definition) is 1. The van der Waals surface area contributed by atoms with E-state index < -0.39 is 36.9 Å². The normalized spacial score (nSPS) is 22.4. The summed E-state index contributed by atoms with van der Waals surface area (Å²) in [5.41, 5.74) is 5.03. The first-order chi connectivity index (χ1) is 18.3. The second-order valence-corrected chi connectivity index (χ2v) is 9.87. The Hall–Kier alpha value is -4.59. The number of Topliss-reactive ketones (excluding diaryl/α,β-unsaturated/α-hetero) is 1. The molecule has 2 atom stereocenters. The van der Waals surface area contributed by atoms with Gasteiger partial charge < -0.3 is 10.1 Å². The summed E-state index contributed by atoms with van der Waals surface area (Å²) in [6.07, 6.45) is 0. The largest absolute Gasteiger partial charge is 0.454 e. The van der Waals surface area contributed by atoms with E-state index in [-0.39, 0.29) is 29.4 Å². The average molecular weight is 509 g/mol. The van der Waals surface area contributed by atoms with Gasteiger partial charge in [0.2, 0.25) is 11.8 Å². The van der Waals surface area contributed by atoms with E-state index in [4.69, 9.17) is 4.74 Å². The Kier molecular flexibility index (Phi) is 5.67. The maximum absolute atomic E-state index is 13.6. The van der Waals surface area contributed by atoms with Gasteiger partial charge in [-0.3, -0.25) is 28.9 Å². The van der Waals surface area contributed by atoms with Gasteiger partial charge in [-0.15, -0.1) is 0 Å².